The summed E-state index contributed by atoms with van der Waals surface area (Å²) in [4.78, 5) is 17.2. The summed E-state index contributed by atoms with van der Waals surface area (Å²) in [6.45, 7) is 5.38. The van der Waals surface area contributed by atoms with E-state index in [2.05, 4.69) is 148 Å². The maximum Gasteiger partial charge on any atom is 0.0967 e. The molecule has 4 rings (SSSR count). The summed E-state index contributed by atoms with van der Waals surface area (Å²) in [6, 6.07) is 44.2. The number of carbonyl (C=O) groups is 1. The van der Waals surface area contributed by atoms with E-state index < -0.39 is 28.0 Å². The number of esters is 1. The van der Waals surface area contributed by atoms with Gasteiger partial charge in [-0.15, -0.1) is 0 Å². The monoisotopic (exact) mass is 738 g/mol. The van der Waals surface area contributed by atoms with Crippen LogP contribution >= 0.6 is 25.5 Å². The number of hydrogen-bond acceptors (Lipinski definition) is 4. The summed E-state index contributed by atoms with van der Waals surface area (Å²) >= 11 is 1.62. The minimum absolute atomic E-state index is 0.676. The number of carbonyl (C=O) groups excluding carboxylic acids is 2. The van der Waals surface area contributed by atoms with Crippen LogP contribution < -0.4 is 26.5 Å². The Morgan fingerprint density at radius 2 is 0.930 bits per heavy atom. The van der Waals surface area contributed by atoms with Crippen LogP contribution in [-0.2, 0) is 31.6 Å². The number of rotatable bonds is 10. The second-order valence-corrected chi connectivity index (χ2v) is 13.9. The van der Waals surface area contributed by atoms with Crippen LogP contribution in [0.4, 0.5) is 13.2 Å². The van der Waals surface area contributed by atoms with Crippen LogP contribution in [0.1, 0.15) is 0 Å². The van der Waals surface area contributed by atoms with E-state index in [4.69, 9.17) is 4.79 Å². The molecule has 0 unspecified atom stereocenters. The fourth-order valence-corrected chi connectivity index (χ4v) is 9.19. The van der Waals surface area contributed by atoms with Gasteiger partial charge < -0.3 is 14.8 Å². The molecule has 0 aromatic heterocycles. The zero-order chi connectivity index (χ0) is 31.9. The Morgan fingerprint density at radius 3 is 1.12 bits per heavy atom. The Bertz CT molecular complexity index is 1100. The zero-order valence-corrected chi connectivity index (χ0v) is 28.2. The van der Waals surface area contributed by atoms with E-state index in [0.29, 0.717) is 7.11 Å². The number of nitrogens with one attached hydrogen (secondary N) is 1. The number of hydrogen-bond donors (Lipinski definition) is 1. The number of alkyl halides is 3. The van der Waals surface area contributed by atoms with Crippen molar-refractivity contribution in [2.45, 2.75) is 6.18 Å². The Morgan fingerprint density at radius 1 is 0.674 bits per heavy atom. The molecule has 0 aliphatic rings. The molecular weight excluding hydrogens is 702 g/mol. The van der Waals surface area contributed by atoms with Gasteiger partial charge in [-0.05, 0) is 48.5 Å². The quantitative estimate of drug-likeness (QED) is 0.0610. The van der Waals surface area contributed by atoms with Crippen molar-refractivity contribution in [2.75, 3.05) is 32.5 Å². The average molecular weight is 738 g/mol. The van der Waals surface area contributed by atoms with Gasteiger partial charge in [-0.2, -0.15) is 13.2 Å². The van der Waals surface area contributed by atoms with Gasteiger partial charge in [0.2, 0.25) is 0 Å². The fourth-order valence-electron chi connectivity index (χ4n) is 4.14. The van der Waals surface area contributed by atoms with Gasteiger partial charge in [-0.1, -0.05) is 72.8 Å². The summed E-state index contributed by atoms with van der Waals surface area (Å²) < 4.78 is 36.3. The molecule has 230 valence electrons. The van der Waals surface area contributed by atoms with Crippen molar-refractivity contribution in [3.8, 4) is 0 Å². The third-order valence-electron chi connectivity index (χ3n) is 6.01. The maximum atomic E-state index is 11.0. The third-order valence-corrected chi connectivity index (χ3v) is 11.6. The van der Waals surface area contributed by atoms with Crippen molar-refractivity contribution in [3.05, 3.63) is 121 Å². The number of methoxy groups -OCH3 is 1. The van der Waals surface area contributed by atoms with Gasteiger partial charge in [0.1, 0.15) is 0 Å². The van der Waals surface area contributed by atoms with E-state index >= 15 is 0 Å². The molecule has 0 fully saturated rings. The normalized spacial score (nSPS) is 10.3. The summed E-state index contributed by atoms with van der Waals surface area (Å²) in [6.07, 6.45) is -2.44. The topological polar surface area (TPSA) is 55.4 Å². The van der Waals surface area contributed by atoms with Crippen molar-refractivity contribution in [1.29, 1.82) is 0 Å². The molecule has 0 atom stereocenters. The van der Waals surface area contributed by atoms with Gasteiger partial charge in [-0.25, -0.2) is 4.79 Å². The summed E-state index contributed by atoms with van der Waals surface area (Å²) in [5, 5.41) is 9.77. The standard InChI is InChI=1S/C28H29NP2.C3H3F3O2.CHO.ClH.Ru.H/c1-5-13-25(14-6-1)30(26-15-7-2-8-16-26)23-21-29-22-24-31(27-17-9-3-10-18-27)28-19-11-4-12-20-28;1-8-2(7)3(4,5)6;1-2;;;/h1-20,29H,21-24H2;1H3;1H;1H;;/q;;-1;;+3;/p+1. The molecule has 0 saturated carbocycles. The molecule has 0 bridgehead atoms. The first-order valence-corrected chi connectivity index (χ1v) is 18.9. The Labute approximate surface area is 268 Å². The van der Waals surface area contributed by atoms with Gasteiger partial charge >= 0.3 is 39.1 Å². The first-order chi connectivity index (χ1) is 20.9. The van der Waals surface area contributed by atoms with E-state index in [-0.39, 0.29) is 0 Å². The molecule has 0 spiro atoms. The van der Waals surface area contributed by atoms with Crippen LogP contribution in [0.3, 0.4) is 0 Å². The molecule has 0 aliphatic carbocycles. The molecule has 4 aromatic rings. The number of halogens is 4. The van der Waals surface area contributed by atoms with Gasteiger partial charge in [0.05, 0.1) is 56.5 Å². The maximum absolute atomic E-state index is 11.0. The van der Waals surface area contributed by atoms with Gasteiger partial charge in [0.25, 0.3) is 0 Å². The number of benzene rings is 4. The molecular formula is C32H36ClF3NO3P2Ru+3. The number of ether oxygens (including phenoxy) is 1. The minimum Gasteiger partial charge on any atom is -0.310 e. The fraction of sp³-hybridized carbons (Fsp3) is 0.188. The second-order valence-electron chi connectivity index (χ2n) is 8.66. The predicted molar refractivity (Wildman–Crippen MR) is 176 cm³/mol. The smallest absolute Gasteiger partial charge is 0.0967 e. The Balaban J connectivity index is 0.000000663. The largest absolute Gasteiger partial charge is 0.310 e. The molecule has 11 heteroatoms. The molecule has 4 aromatic carbocycles. The molecule has 1 N–H and O–H groups in total. The molecule has 4 nitrogen and oxygen atoms in total. The van der Waals surface area contributed by atoms with E-state index in [9.17, 15) is 18.0 Å². The summed E-state index contributed by atoms with van der Waals surface area (Å²) in [5.41, 5.74) is 0. The van der Waals surface area contributed by atoms with E-state index in [1.807, 2.05) is 0 Å². The first-order valence-electron chi connectivity index (χ1n) is 13.1. The summed E-state index contributed by atoms with van der Waals surface area (Å²) in [7, 11) is 3.77. The van der Waals surface area contributed by atoms with Crippen molar-refractivity contribution in [2.24, 2.45) is 0 Å². The molecule has 43 heavy (non-hydrogen) atoms. The zero-order valence-electron chi connectivity index (χ0n) is 23.6. The van der Waals surface area contributed by atoms with Gasteiger partial charge in [0.15, 0.2) is 0 Å². The van der Waals surface area contributed by atoms with E-state index in [1.165, 1.54) is 33.5 Å². The Kier molecular flexibility index (Phi) is 20.6. The van der Waals surface area contributed by atoms with Crippen molar-refractivity contribution in [1.82, 2.24) is 5.32 Å². The van der Waals surface area contributed by atoms with E-state index in [1.54, 1.807) is 17.3 Å². The molecule has 0 saturated heterocycles. The summed E-state index contributed by atoms with van der Waals surface area (Å²) in [5.74, 6) is -2.17. The molecule has 0 amide bonds. The first kappa shape index (κ1) is 38.6. The van der Waals surface area contributed by atoms with Gasteiger partial charge in [-0.3, -0.25) is 6.79 Å². The van der Waals surface area contributed by atoms with Crippen molar-refractivity contribution < 1.29 is 44.8 Å². The van der Waals surface area contributed by atoms with Crippen molar-refractivity contribution in [3.63, 3.8) is 0 Å². The molecule has 0 heterocycles. The van der Waals surface area contributed by atoms with Crippen LogP contribution in [0.5, 0.6) is 0 Å². The minimum atomic E-state index is -4.85. The van der Waals surface area contributed by atoms with Crippen LogP contribution in [-0.4, -0.2) is 51.5 Å². The van der Waals surface area contributed by atoms with E-state index in [0.717, 1.165) is 13.1 Å². The molecule has 0 aliphatic heterocycles. The van der Waals surface area contributed by atoms with Crippen LogP contribution in [0.25, 0.3) is 0 Å². The van der Waals surface area contributed by atoms with Crippen molar-refractivity contribution >= 4 is 59.5 Å². The van der Waals surface area contributed by atoms with Crippen LogP contribution in [0.15, 0.2) is 121 Å². The van der Waals surface area contributed by atoms with Crippen LogP contribution in [0.2, 0.25) is 0 Å². The molecule has 0 radical (unpaired) electrons. The predicted octanol–water partition coefficient (Wildman–Crippen LogP) is 5.17. The third kappa shape index (κ3) is 14.7. The SMILES string of the molecule is COC(=O)C(F)(F)F.[CH-]=O.[Cl][RuH+2].c1ccc([PH+](CCNCC[PH+](c2ccccc2)c2ccccc2)c2ccccc2)cc1. The van der Waals surface area contributed by atoms with Gasteiger partial charge in [0, 0.05) is 13.1 Å². The van der Waals surface area contributed by atoms with Crippen LogP contribution in [0, 0.1) is 0 Å². The second kappa shape index (κ2) is 23.0. The average Bonchev–Trinajstić information content (AvgIpc) is 3.07. The Hall–Kier alpha value is -2.46.